The van der Waals surface area contributed by atoms with Crippen molar-refractivity contribution in [2.24, 2.45) is 0 Å². The van der Waals surface area contributed by atoms with Gasteiger partial charge in [0, 0.05) is 37.1 Å². The van der Waals surface area contributed by atoms with Crippen molar-refractivity contribution in [2.75, 3.05) is 13.1 Å². The normalized spacial score (nSPS) is 18.2. The highest BCUT2D eigenvalue weighted by atomic mass is 35.5. The first kappa shape index (κ1) is 32.4. The Morgan fingerprint density at radius 1 is 0.857 bits per heavy atom. The predicted molar refractivity (Wildman–Crippen MR) is 135 cm³/mol. The molecule has 2 N–H and O–H groups in total. The number of aromatic nitrogens is 2. The summed E-state index contributed by atoms with van der Waals surface area (Å²) < 4.78 is 65.6. The maximum Gasteiger partial charge on any atom is 0.490 e. The largest absolute Gasteiger partial charge is 0.490 e. The van der Waals surface area contributed by atoms with E-state index in [4.69, 9.17) is 31.4 Å². The Morgan fingerprint density at radius 2 is 1.43 bits per heavy atom. The molecule has 2 atom stereocenters. The summed E-state index contributed by atoms with van der Waals surface area (Å²) >= 11 is 6.02. The number of benzene rings is 1. The zero-order valence-electron chi connectivity index (χ0n) is 21.4. The Morgan fingerprint density at radius 3 is 1.95 bits per heavy atom. The average Bonchev–Trinajstić information content (AvgIpc) is 3.56. The van der Waals surface area contributed by atoms with Crippen molar-refractivity contribution >= 4 is 29.4 Å². The SMILES string of the molecule is O=C(O)C(F)(F)F.O=C(O)C(F)(F)F.O=C1c2cccn2C2CN(Cc3ccc(Cl)cc3)CC2N1Cc1ccccn1. The van der Waals surface area contributed by atoms with Gasteiger partial charge >= 0.3 is 24.3 Å². The van der Waals surface area contributed by atoms with E-state index in [1.807, 2.05) is 53.6 Å². The first-order valence-electron chi connectivity index (χ1n) is 12.0. The molecule has 1 fully saturated rings. The van der Waals surface area contributed by atoms with Gasteiger partial charge in [0.2, 0.25) is 0 Å². The maximum atomic E-state index is 13.2. The second kappa shape index (κ2) is 13.2. The molecule has 2 unspecified atom stereocenters. The number of halogens is 7. The number of carbonyl (C=O) groups is 3. The number of carboxylic acids is 2. The number of likely N-dealkylation sites (tertiary alicyclic amines) is 1. The number of alkyl halides is 6. The van der Waals surface area contributed by atoms with Crippen LogP contribution in [0.25, 0.3) is 0 Å². The number of hydrogen-bond acceptors (Lipinski definition) is 5. The van der Waals surface area contributed by atoms with Gasteiger partial charge in [-0.15, -0.1) is 0 Å². The minimum Gasteiger partial charge on any atom is -0.475 e. The molecule has 2 aliphatic rings. The zero-order valence-corrected chi connectivity index (χ0v) is 22.1. The minimum absolute atomic E-state index is 0.0882. The molecule has 0 aliphatic carbocycles. The van der Waals surface area contributed by atoms with Gasteiger partial charge in [0.15, 0.2) is 0 Å². The Balaban J connectivity index is 0.000000289. The smallest absolute Gasteiger partial charge is 0.475 e. The monoisotopic (exact) mass is 620 g/mol. The van der Waals surface area contributed by atoms with Crippen molar-refractivity contribution in [3.05, 3.63) is 89.0 Å². The van der Waals surface area contributed by atoms with Crippen LogP contribution in [0.1, 0.15) is 27.8 Å². The Labute approximate surface area is 239 Å². The third-order valence-electron chi connectivity index (χ3n) is 6.21. The van der Waals surface area contributed by atoms with Crippen LogP contribution in [-0.4, -0.2) is 78.9 Å². The highest BCUT2D eigenvalue weighted by molar-refractivity contribution is 6.30. The number of nitrogens with zero attached hydrogens (tertiary/aromatic N) is 4. The molecule has 4 heterocycles. The predicted octanol–water partition coefficient (Wildman–Crippen LogP) is 4.88. The topological polar surface area (TPSA) is 116 Å². The van der Waals surface area contributed by atoms with Gasteiger partial charge in [0.25, 0.3) is 5.91 Å². The molecule has 1 amide bonds. The lowest BCUT2D eigenvalue weighted by molar-refractivity contribution is -0.193. The van der Waals surface area contributed by atoms with Crippen LogP contribution in [0.3, 0.4) is 0 Å². The summed E-state index contributed by atoms with van der Waals surface area (Å²) in [4.78, 5) is 39.8. The number of aliphatic carboxylic acids is 2. The van der Waals surface area contributed by atoms with E-state index in [9.17, 15) is 31.1 Å². The number of carboxylic acid groups (broad SMARTS) is 2. The van der Waals surface area contributed by atoms with Crippen molar-refractivity contribution in [2.45, 2.75) is 37.5 Å². The van der Waals surface area contributed by atoms with Crippen LogP contribution in [0, 0.1) is 0 Å². The molecule has 3 aromatic rings. The van der Waals surface area contributed by atoms with E-state index < -0.39 is 24.3 Å². The number of amides is 1. The third-order valence-corrected chi connectivity index (χ3v) is 6.47. The lowest BCUT2D eigenvalue weighted by Gasteiger charge is -2.38. The molecule has 226 valence electrons. The van der Waals surface area contributed by atoms with Crippen molar-refractivity contribution in [1.29, 1.82) is 0 Å². The van der Waals surface area contributed by atoms with E-state index in [1.165, 1.54) is 5.56 Å². The summed E-state index contributed by atoms with van der Waals surface area (Å²) in [6.07, 6.45) is -6.35. The van der Waals surface area contributed by atoms with E-state index in [0.29, 0.717) is 6.54 Å². The summed E-state index contributed by atoms with van der Waals surface area (Å²) in [5.74, 6) is -5.43. The van der Waals surface area contributed by atoms with Gasteiger partial charge in [-0.05, 0) is 42.0 Å². The molecule has 0 bridgehead atoms. The first-order valence-corrected chi connectivity index (χ1v) is 12.4. The molecule has 16 heteroatoms. The summed E-state index contributed by atoms with van der Waals surface area (Å²) in [5.41, 5.74) is 2.93. The molecule has 5 rings (SSSR count). The number of rotatable bonds is 4. The fraction of sp³-hybridized carbons (Fsp3) is 0.308. The van der Waals surface area contributed by atoms with Crippen molar-refractivity contribution < 1.29 is 50.9 Å². The van der Waals surface area contributed by atoms with Gasteiger partial charge in [-0.25, -0.2) is 9.59 Å². The second-order valence-electron chi connectivity index (χ2n) is 9.12. The molecule has 0 spiro atoms. The third kappa shape index (κ3) is 8.45. The van der Waals surface area contributed by atoms with Gasteiger partial charge in [-0.3, -0.25) is 14.7 Å². The second-order valence-corrected chi connectivity index (χ2v) is 9.55. The Kier molecular flexibility index (Phi) is 10.2. The minimum atomic E-state index is -5.08. The van der Waals surface area contributed by atoms with Crippen molar-refractivity contribution in [3.8, 4) is 0 Å². The van der Waals surface area contributed by atoms with Gasteiger partial charge in [0.05, 0.1) is 24.3 Å². The van der Waals surface area contributed by atoms with E-state index >= 15 is 0 Å². The fourth-order valence-electron chi connectivity index (χ4n) is 4.42. The molecule has 2 aromatic heterocycles. The van der Waals surface area contributed by atoms with Crippen molar-refractivity contribution in [1.82, 2.24) is 19.4 Å². The van der Waals surface area contributed by atoms with Gasteiger partial charge in [0.1, 0.15) is 5.69 Å². The van der Waals surface area contributed by atoms with Crippen LogP contribution in [0.15, 0.2) is 67.0 Å². The van der Waals surface area contributed by atoms with Gasteiger partial charge in [-0.2, -0.15) is 26.3 Å². The zero-order chi connectivity index (χ0) is 31.2. The summed E-state index contributed by atoms with van der Waals surface area (Å²) in [6.45, 7) is 3.16. The van der Waals surface area contributed by atoms with Crippen LogP contribution in [0.4, 0.5) is 26.3 Å². The quantitative estimate of drug-likeness (QED) is 0.399. The maximum absolute atomic E-state index is 13.2. The van der Waals surface area contributed by atoms with E-state index in [-0.39, 0.29) is 18.0 Å². The summed E-state index contributed by atoms with van der Waals surface area (Å²) in [5, 5.41) is 15.0. The Hall–Kier alpha value is -4.11. The van der Waals surface area contributed by atoms with Crippen LogP contribution < -0.4 is 0 Å². The standard InChI is InChI=1S/C22H21ClN4O.2C2HF3O2/c23-17-8-6-16(7-9-17)12-25-14-20-21(15-25)27(13-18-4-1-2-10-24-18)22(28)19-5-3-11-26(19)20;2*3-2(4,5)1(6)7/h1-11,20-21H,12-15H2;2*(H,6,7). The first-order chi connectivity index (χ1) is 19.6. The van der Waals surface area contributed by atoms with E-state index in [0.717, 1.165) is 36.0 Å². The molecular weight excluding hydrogens is 598 g/mol. The lowest BCUT2D eigenvalue weighted by Crippen LogP contribution is -2.49. The van der Waals surface area contributed by atoms with Crippen LogP contribution >= 0.6 is 11.6 Å². The van der Waals surface area contributed by atoms with Crippen LogP contribution in [0.2, 0.25) is 5.02 Å². The molecule has 2 aliphatic heterocycles. The molecular formula is C26H23ClF6N4O5. The molecule has 1 aromatic carbocycles. The highest BCUT2D eigenvalue weighted by Crippen LogP contribution is 2.35. The molecule has 42 heavy (non-hydrogen) atoms. The average molecular weight is 621 g/mol. The highest BCUT2D eigenvalue weighted by Gasteiger charge is 2.45. The fourth-order valence-corrected chi connectivity index (χ4v) is 4.55. The molecule has 0 saturated carbocycles. The van der Waals surface area contributed by atoms with Gasteiger partial charge < -0.3 is 19.7 Å². The van der Waals surface area contributed by atoms with E-state index in [2.05, 4.69) is 26.6 Å². The molecule has 0 radical (unpaired) electrons. The molecule has 1 saturated heterocycles. The summed E-state index contributed by atoms with van der Waals surface area (Å²) in [6, 6.07) is 18.2. The number of fused-ring (bicyclic) bond motifs is 3. The van der Waals surface area contributed by atoms with Gasteiger partial charge in [-0.1, -0.05) is 29.8 Å². The molecule has 9 nitrogen and oxygen atoms in total. The number of hydrogen-bond donors (Lipinski definition) is 2. The van der Waals surface area contributed by atoms with E-state index in [1.54, 1.807) is 6.20 Å². The van der Waals surface area contributed by atoms with Crippen LogP contribution in [0.5, 0.6) is 0 Å². The Bertz CT molecular complexity index is 1360. The van der Waals surface area contributed by atoms with Crippen LogP contribution in [-0.2, 0) is 22.7 Å². The van der Waals surface area contributed by atoms with Crippen molar-refractivity contribution in [3.63, 3.8) is 0 Å². The lowest BCUT2D eigenvalue weighted by atomic mass is 10.1. The summed E-state index contributed by atoms with van der Waals surface area (Å²) in [7, 11) is 0. The number of carbonyl (C=O) groups excluding carboxylic acids is 1. The number of pyridine rings is 1.